The van der Waals surface area contributed by atoms with Crippen molar-refractivity contribution in [3.8, 4) is 0 Å². The summed E-state index contributed by atoms with van der Waals surface area (Å²) in [7, 11) is 1.59. The zero-order valence-electron chi connectivity index (χ0n) is 7.81. The number of hydrogen-bond acceptors (Lipinski definition) is 2. The normalized spacial score (nSPS) is 10.7. The van der Waals surface area contributed by atoms with Gasteiger partial charge in [-0.2, -0.15) is 0 Å². The van der Waals surface area contributed by atoms with Crippen molar-refractivity contribution >= 4 is 16.7 Å². The average molecular weight is 212 g/mol. The molecule has 0 radical (unpaired) electrons. The van der Waals surface area contributed by atoms with E-state index in [1.165, 1.54) is 12.1 Å². The number of hydrogen-bond donors (Lipinski definition) is 1. The van der Waals surface area contributed by atoms with Crippen molar-refractivity contribution in [2.45, 2.75) is 0 Å². The van der Waals surface area contributed by atoms with E-state index in [4.69, 9.17) is 0 Å². The van der Waals surface area contributed by atoms with Crippen LogP contribution in [0, 0.1) is 17.5 Å². The summed E-state index contributed by atoms with van der Waals surface area (Å²) in [5.41, 5.74) is -0.306. The Morgan fingerprint density at radius 2 is 1.87 bits per heavy atom. The SMILES string of the molecule is CNc1ccc2c(F)cc(F)c(F)c2n1. The van der Waals surface area contributed by atoms with Crippen molar-refractivity contribution in [1.82, 2.24) is 4.98 Å². The predicted octanol–water partition coefficient (Wildman–Crippen LogP) is 2.69. The van der Waals surface area contributed by atoms with E-state index in [0.29, 0.717) is 11.9 Å². The molecule has 0 unspecified atom stereocenters. The highest BCUT2D eigenvalue weighted by Crippen LogP contribution is 2.23. The molecule has 1 aromatic heterocycles. The largest absolute Gasteiger partial charge is 0.373 e. The molecule has 1 heterocycles. The summed E-state index contributed by atoms with van der Waals surface area (Å²) in [6, 6.07) is 3.35. The second-order valence-electron chi connectivity index (χ2n) is 3.00. The average Bonchev–Trinajstić information content (AvgIpc) is 2.25. The van der Waals surface area contributed by atoms with Crippen LogP contribution in [0.1, 0.15) is 0 Å². The van der Waals surface area contributed by atoms with E-state index in [0.717, 1.165) is 0 Å². The van der Waals surface area contributed by atoms with Crippen LogP contribution in [-0.2, 0) is 0 Å². The summed E-state index contributed by atoms with van der Waals surface area (Å²) >= 11 is 0. The van der Waals surface area contributed by atoms with Crippen molar-refractivity contribution in [2.75, 3.05) is 12.4 Å². The smallest absolute Gasteiger partial charge is 0.185 e. The Bertz CT molecular complexity index is 526. The van der Waals surface area contributed by atoms with E-state index in [1.807, 2.05) is 0 Å². The lowest BCUT2D eigenvalue weighted by Gasteiger charge is -2.04. The molecular weight excluding hydrogens is 205 g/mol. The minimum atomic E-state index is -1.24. The molecule has 0 spiro atoms. The van der Waals surface area contributed by atoms with Crippen LogP contribution in [-0.4, -0.2) is 12.0 Å². The molecule has 1 aromatic carbocycles. The van der Waals surface area contributed by atoms with Crippen molar-refractivity contribution < 1.29 is 13.2 Å². The lowest BCUT2D eigenvalue weighted by Crippen LogP contribution is -1.97. The number of benzene rings is 1. The van der Waals surface area contributed by atoms with Gasteiger partial charge in [0.25, 0.3) is 0 Å². The molecule has 0 fully saturated rings. The monoisotopic (exact) mass is 212 g/mol. The number of aromatic nitrogens is 1. The molecule has 1 N–H and O–H groups in total. The molecule has 2 aromatic rings. The first-order chi connectivity index (χ1) is 7.13. The van der Waals surface area contributed by atoms with E-state index in [1.54, 1.807) is 7.05 Å². The molecule has 2 nitrogen and oxygen atoms in total. The molecule has 15 heavy (non-hydrogen) atoms. The number of pyridine rings is 1. The zero-order chi connectivity index (χ0) is 11.0. The van der Waals surface area contributed by atoms with Crippen molar-refractivity contribution in [3.05, 3.63) is 35.7 Å². The van der Waals surface area contributed by atoms with Crippen LogP contribution in [0.5, 0.6) is 0 Å². The molecule has 0 atom stereocenters. The van der Waals surface area contributed by atoms with Gasteiger partial charge in [-0.05, 0) is 12.1 Å². The summed E-state index contributed by atoms with van der Waals surface area (Å²) in [5, 5.41) is 2.63. The summed E-state index contributed by atoms with van der Waals surface area (Å²) < 4.78 is 39.3. The highest BCUT2D eigenvalue weighted by molar-refractivity contribution is 5.81. The van der Waals surface area contributed by atoms with Gasteiger partial charge >= 0.3 is 0 Å². The number of fused-ring (bicyclic) bond motifs is 1. The van der Waals surface area contributed by atoms with Crippen LogP contribution in [0.25, 0.3) is 10.9 Å². The van der Waals surface area contributed by atoms with Gasteiger partial charge in [-0.15, -0.1) is 0 Å². The Morgan fingerprint density at radius 3 is 2.53 bits per heavy atom. The van der Waals surface area contributed by atoms with E-state index in [9.17, 15) is 13.2 Å². The fraction of sp³-hybridized carbons (Fsp3) is 0.100. The molecule has 0 aliphatic carbocycles. The molecule has 2 rings (SSSR count). The Morgan fingerprint density at radius 1 is 1.13 bits per heavy atom. The van der Waals surface area contributed by atoms with Crippen LogP contribution in [0.2, 0.25) is 0 Å². The summed E-state index contributed by atoms with van der Waals surface area (Å²) in [5.74, 6) is -2.84. The van der Waals surface area contributed by atoms with Gasteiger partial charge in [0, 0.05) is 18.5 Å². The molecule has 0 aliphatic rings. The third kappa shape index (κ3) is 1.49. The molecule has 0 saturated carbocycles. The molecule has 78 valence electrons. The topological polar surface area (TPSA) is 24.9 Å². The first-order valence-corrected chi connectivity index (χ1v) is 4.25. The van der Waals surface area contributed by atoms with E-state index in [2.05, 4.69) is 10.3 Å². The summed E-state index contributed by atoms with van der Waals surface area (Å²) in [4.78, 5) is 3.75. The number of rotatable bonds is 1. The van der Waals surface area contributed by atoms with Crippen molar-refractivity contribution in [1.29, 1.82) is 0 Å². The van der Waals surface area contributed by atoms with Gasteiger partial charge in [-0.3, -0.25) is 0 Å². The van der Waals surface area contributed by atoms with Crippen LogP contribution < -0.4 is 5.32 Å². The predicted molar refractivity (Wildman–Crippen MR) is 51.2 cm³/mol. The number of anilines is 1. The molecular formula is C10H7F3N2. The fourth-order valence-corrected chi connectivity index (χ4v) is 1.32. The van der Waals surface area contributed by atoms with Gasteiger partial charge in [0.2, 0.25) is 0 Å². The van der Waals surface area contributed by atoms with Gasteiger partial charge in [-0.1, -0.05) is 0 Å². The van der Waals surface area contributed by atoms with E-state index < -0.39 is 17.5 Å². The minimum Gasteiger partial charge on any atom is -0.373 e. The maximum absolute atomic E-state index is 13.3. The van der Waals surface area contributed by atoms with Gasteiger partial charge in [-0.25, -0.2) is 18.2 Å². The Labute approximate surface area is 83.7 Å². The van der Waals surface area contributed by atoms with Gasteiger partial charge in [0.05, 0.1) is 0 Å². The Kier molecular flexibility index (Phi) is 2.22. The molecule has 5 heteroatoms. The summed E-state index contributed by atoms with van der Waals surface area (Å²) in [6.07, 6.45) is 0. The fourth-order valence-electron chi connectivity index (χ4n) is 1.32. The zero-order valence-corrected chi connectivity index (χ0v) is 7.81. The maximum atomic E-state index is 13.3. The first kappa shape index (κ1) is 9.76. The van der Waals surface area contributed by atoms with Crippen LogP contribution in [0.4, 0.5) is 19.0 Å². The highest BCUT2D eigenvalue weighted by atomic mass is 19.2. The van der Waals surface area contributed by atoms with Gasteiger partial charge in [0.15, 0.2) is 11.6 Å². The van der Waals surface area contributed by atoms with Crippen LogP contribution >= 0.6 is 0 Å². The number of nitrogens with one attached hydrogen (secondary N) is 1. The third-order valence-electron chi connectivity index (χ3n) is 2.08. The van der Waals surface area contributed by atoms with Crippen LogP contribution in [0.15, 0.2) is 18.2 Å². The second kappa shape index (κ2) is 3.42. The molecule has 0 amide bonds. The van der Waals surface area contributed by atoms with E-state index in [-0.39, 0.29) is 10.9 Å². The van der Waals surface area contributed by atoms with Crippen molar-refractivity contribution in [2.24, 2.45) is 0 Å². The quantitative estimate of drug-likeness (QED) is 0.735. The van der Waals surface area contributed by atoms with Crippen molar-refractivity contribution in [3.63, 3.8) is 0 Å². The number of halogens is 3. The molecule has 0 saturated heterocycles. The summed E-state index contributed by atoms with van der Waals surface area (Å²) in [6.45, 7) is 0. The number of nitrogens with zero attached hydrogens (tertiary/aromatic N) is 1. The highest BCUT2D eigenvalue weighted by Gasteiger charge is 2.13. The molecule has 0 aliphatic heterocycles. The third-order valence-corrected chi connectivity index (χ3v) is 2.08. The van der Waals surface area contributed by atoms with Gasteiger partial charge < -0.3 is 5.32 Å². The first-order valence-electron chi connectivity index (χ1n) is 4.25. The Hall–Kier alpha value is -1.78. The maximum Gasteiger partial charge on any atom is 0.185 e. The lowest BCUT2D eigenvalue weighted by atomic mass is 10.2. The second-order valence-corrected chi connectivity index (χ2v) is 3.00. The van der Waals surface area contributed by atoms with E-state index >= 15 is 0 Å². The lowest BCUT2D eigenvalue weighted by molar-refractivity contribution is 0.504. The molecule has 0 bridgehead atoms. The Balaban J connectivity index is 2.85. The van der Waals surface area contributed by atoms with Gasteiger partial charge in [0.1, 0.15) is 17.2 Å². The standard InChI is InChI=1S/C10H7F3N2/c1-14-8-3-2-5-6(11)4-7(12)9(13)10(5)15-8/h2-4H,1H3,(H,14,15). The van der Waals surface area contributed by atoms with Crippen LogP contribution in [0.3, 0.4) is 0 Å². The minimum absolute atomic E-state index is 0.0344.